The van der Waals surface area contributed by atoms with Crippen LogP contribution in [-0.2, 0) is 25.6 Å². The van der Waals surface area contributed by atoms with Crippen LogP contribution < -0.4 is 21.3 Å². The summed E-state index contributed by atoms with van der Waals surface area (Å²) < 4.78 is 0. The Bertz CT molecular complexity index is 566. The molecule has 4 N–H and O–H groups in total. The Morgan fingerprint density at radius 3 is 1.93 bits per heavy atom. The van der Waals surface area contributed by atoms with Crippen molar-refractivity contribution < 1.29 is 19.2 Å². The second kappa shape index (κ2) is 24.3. The molecule has 0 heterocycles. The van der Waals surface area contributed by atoms with Gasteiger partial charge in [-0.3, -0.25) is 14.4 Å². The first-order valence-electron chi connectivity index (χ1n) is 10.5. The minimum Gasteiger partial charge on any atom is -0.348 e. The highest BCUT2D eigenvalue weighted by molar-refractivity contribution is 5.91. The van der Waals surface area contributed by atoms with E-state index >= 15 is 0 Å². The fourth-order valence-corrected chi connectivity index (χ4v) is 1.97. The van der Waals surface area contributed by atoms with Crippen LogP contribution in [0.5, 0.6) is 0 Å². The number of amides is 3. The molecule has 0 spiro atoms. The molecule has 1 atom stereocenters. The quantitative estimate of drug-likeness (QED) is 0.424. The molecule has 3 amide bonds. The van der Waals surface area contributed by atoms with E-state index in [2.05, 4.69) is 21.3 Å². The van der Waals surface area contributed by atoms with Crippen molar-refractivity contribution in [2.45, 2.75) is 54.0 Å². The van der Waals surface area contributed by atoms with Crippen LogP contribution in [0.3, 0.4) is 0 Å². The zero-order valence-corrected chi connectivity index (χ0v) is 19.5. The fourth-order valence-electron chi connectivity index (χ4n) is 1.97. The molecule has 1 aromatic carbocycles. The highest BCUT2D eigenvalue weighted by Crippen LogP contribution is 2.03. The second-order valence-electron chi connectivity index (χ2n) is 5.03. The van der Waals surface area contributed by atoms with Crippen molar-refractivity contribution in [3.05, 3.63) is 35.9 Å². The third-order valence-electron chi connectivity index (χ3n) is 3.08. The Labute approximate surface area is 181 Å². The largest absolute Gasteiger partial charge is 0.348 e. The van der Waals surface area contributed by atoms with Gasteiger partial charge in [0.1, 0.15) is 12.3 Å². The molecule has 0 fully saturated rings. The van der Waals surface area contributed by atoms with Crippen molar-refractivity contribution in [2.24, 2.45) is 0 Å². The summed E-state index contributed by atoms with van der Waals surface area (Å²) in [7, 11) is 1.62. The number of rotatable bonds is 10. The maximum absolute atomic E-state index is 12.1. The van der Waals surface area contributed by atoms with Crippen molar-refractivity contribution >= 4 is 24.0 Å². The summed E-state index contributed by atoms with van der Waals surface area (Å²) in [6.45, 7) is 11.7. The van der Waals surface area contributed by atoms with Gasteiger partial charge in [-0.25, -0.2) is 0 Å². The number of nitrogens with one attached hydrogen (secondary N) is 4. The summed E-state index contributed by atoms with van der Waals surface area (Å²) in [5.41, 5.74) is 0.864. The van der Waals surface area contributed by atoms with Crippen LogP contribution in [0, 0.1) is 0 Å². The molecule has 8 heteroatoms. The lowest BCUT2D eigenvalue weighted by Gasteiger charge is -2.18. The lowest BCUT2D eigenvalue weighted by atomic mass is 10.1. The Morgan fingerprint density at radius 2 is 1.43 bits per heavy atom. The molecule has 0 saturated carbocycles. The van der Waals surface area contributed by atoms with E-state index in [0.29, 0.717) is 6.29 Å². The van der Waals surface area contributed by atoms with Gasteiger partial charge in [0, 0.05) is 6.42 Å². The average molecular weight is 425 g/mol. The van der Waals surface area contributed by atoms with Gasteiger partial charge in [0.2, 0.25) is 17.7 Å². The monoisotopic (exact) mass is 424 g/mol. The number of hydrogen-bond donors (Lipinski definition) is 4. The predicted octanol–water partition coefficient (Wildman–Crippen LogP) is 1.44. The van der Waals surface area contributed by atoms with E-state index in [1.807, 2.05) is 71.9 Å². The molecule has 1 unspecified atom stereocenters. The van der Waals surface area contributed by atoms with Gasteiger partial charge >= 0.3 is 0 Å². The summed E-state index contributed by atoms with van der Waals surface area (Å²) in [5.74, 6) is -1.26. The summed E-state index contributed by atoms with van der Waals surface area (Å²) in [5, 5.41) is 10.1. The highest BCUT2D eigenvalue weighted by Gasteiger charge is 2.21. The molecule has 1 rings (SSSR count). The second-order valence-corrected chi connectivity index (χ2v) is 5.03. The molecule has 0 bridgehead atoms. The first-order chi connectivity index (χ1) is 14.6. The van der Waals surface area contributed by atoms with Crippen molar-refractivity contribution in [1.82, 2.24) is 21.3 Å². The summed E-state index contributed by atoms with van der Waals surface area (Å²) in [6, 6.07) is 8.34. The van der Waals surface area contributed by atoms with E-state index in [-0.39, 0.29) is 32.0 Å². The molecule has 1 aromatic rings. The van der Waals surface area contributed by atoms with E-state index in [1.54, 1.807) is 7.05 Å². The zero-order chi connectivity index (χ0) is 23.8. The van der Waals surface area contributed by atoms with Crippen LogP contribution in [0.25, 0.3) is 0 Å². The van der Waals surface area contributed by atoms with Crippen molar-refractivity contribution in [1.29, 1.82) is 0 Å². The van der Waals surface area contributed by atoms with Gasteiger partial charge in [0.05, 0.1) is 19.6 Å². The molecule has 0 saturated heterocycles. The Morgan fingerprint density at radius 1 is 0.867 bits per heavy atom. The standard InChI is InChI=1S/C16H22N4O4.3C2H6/c1-17-10-14(22)19-11-15(23)20-13(16(24)18-7-8-21)9-12-5-3-2-4-6-12;3*1-2/h2-6,8,13,17H,7,9-11H2,1H3,(H,18,24)(H,19,22)(H,20,23);3*1-2H3. The predicted molar refractivity (Wildman–Crippen MR) is 122 cm³/mol. The van der Waals surface area contributed by atoms with Gasteiger partial charge in [0.15, 0.2) is 0 Å². The van der Waals surface area contributed by atoms with E-state index in [4.69, 9.17) is 0 Å². The highest BCUT2D eigenvalue weighted by atomic mass is 16.2. The van der Waals surface area contributed by atoms with Gasteiger partial charge in [-0.1, -0.05) is 71.9 Å². The van der Waals surface area contributed by atoms with Gasteiger partial charge in [0.25, 0.3) is 0 Å². The van der Waals surface area contributed by atoms with E-state index in [9.17, 15) is 19.2 Å². The molecule has 0 aliphatic carbocycles. The first kappa shape index (κ1) is 31.9. The summed E-state index contributed by atoms with van der Waals surface area (Å²) >= 11 is 0. The van der Waals surface area contributed by atoms with Crippen LogP contribution in [-0.4, -0.2) is 56.7 Å². The first-order valence-corrected chi connectivity index (χ1v) is 10.5. The van der Waals surface area contributed by atoms with E-state index < -0.39 is 17.9 Å². The maximum atomic E-state index is 12.1. The molecule has 8 nitrogen and oxygen atoms in total. The third-order valence-corrected chi connectivity index (χ3v) is 3.08. The van der Waals surface area contributed by atoms with Crippen LogP contribution in [0.15, 0.2) is 30.3 Å². The number of carbonyl (C=O) groups excluding carboxylic acids is 4. The number of benzene rings is 1. The van der Waals surface area contributed by atoms with Crippen molar-refractivity contribution in [3.63, 3.8) is 0 Å². The molecule has 0 aromatic heterocycles. The molecular formula is C22H40N4O4. The number of carbonyl (C=O) groups is 4. The van der Waals surface area contributed by atoms with Crippen molar-refractivity contribution in [2.75, 3.05) is 26.7 Å². The Hall–Kier alpha value is -2.74. The summed E-state index contributed by atoms with van der Waals surface area (Å²) in [6.07, 6.45) is 0.846. The lowest BCUT2D eigenvalue weighted by molar-refractivity contribution is -0.130. The SMILES string of the molecule is CC.CC.CC.CNCC(=O)NCC(=O)NC(Cc1ccccc1)C(=O)NCC=O. The normalized spacial score (nSPS) is 9.57. The Balaban J connectivity index is -0.00000111. The smallest absolute Gasteiger partial charge is 0.243 e. The fraction of sp³-hybridized carbons (Fsp3) is 0.545. The molecule has 0 aliphatic rings. The van der Waals surface area contributed by atoms with E-state index in [1.165, 1.54) is 0 Å². The number of aldehydes is 1. The van der Waals surface area contributed by atoms with Crippen LogP contribution >= 0.6 is 0 Å². The number of likely N-dealkylation sites (N-methyl/N-ethyl adjacent to an activating group) is 1. The zero-order valence-electron chi connectivity index (χ0n) is 19.5. The molecular weight excluding hydrogens is 384 g/mol. The van der Waals surface area contributed by atoms with E-state index in [0.717, 1.165) is 5.56 Å². The van der Waals surface area contributed by atoms with Crippen LogP contribution in [0.2, 0.25) is 0 Å². The summed E-state index contributed by atoms with van der Waals surface area (Å²) in [4.78, 5) is 45.8. The lowest BCUT2D eigenvalue weighted by Crippen LogP contribution is -2.51. The molecule has 172 valence electrons. The van der Waals surface area contributed by atoms with Gasteiger partial charge < -0.3 is 26.1 Å². The topological polar surface area (TPSA) is 116 Å². The minimum atomic E-state index is -0.832. The van der Waals surface area contributed by atoms with Gasteiger partial charge in [-0.05, 0) is 12.6 Å². The average Bonchev–Trinajstić information content (AvgIpc) is 2.80. The maximum Gasteiger partial charge on any atom is 0.243 e. The van der Waals surface area contributed by atoms with Crippen LogP contribution in [0.4, 0.5) is 0 Å². The van der Waals surface area contributed by atoms with Crippen LogP contribution in [0.1, 0.15) is 47.1 Å². The number of hydrogen-bond acceptors (Lipinski definition) is 5. The van der Waals surface area contributed by atoms with Gasteiger partial charge in [-0.2, -0.15) is 0 Å². The Kier molecular flexibility index (Phi) is 25.9. The van der Waals surface area contributed by atoms with Gasteiger partial charge in [-0.15, -0.1) is 0 Å². The van der Waals surface area contributed by atoms with Crippen molar-refractivity contribution in [3.8, 4) is 0 Å². The third kappa shape index (κ3) is 17.4. The molecule has 0 radical (unpaired) electrons. The molecule has 30 heavy (non-hydrogen) atoms. The minimum absolute atomic E-state index is 0.0978. The molecule has 0 aliphatic heterocycles.